The highest BCUT2D eigenvalue weighted by Gasteiger charge is 2.07. The van der Waals surface area contributed by atoms with Crippen LogP contribution in [0.1, 0.15) is 12.5 Å². The molecule has 9 heteroatoms. The highest BCUT2D eigenvalue weighted by molar-refractivity contribution is 9.10. The maximum atomic E-state index is 10.8. The molecule has 0 aliphatic carbocycles. The normalized spacial score (nSPS) is 11.9. The van der Waals surface area contributed by atoms with E-state index in [4.69, 9.17) is 11.5 Å². The van der Waals surface area contributed by atoms with Crippen LogP contribution in [0.5, 0.6) is 0 Å². The fraction of sp³-hybridized carbons (Fsp3) is 0.0556. The monoisotopic (exact) mass is 426 g/mol. The summed E-state index contributed by atoms with van der Waals surface area (Å²) >= 11 is 3.44. The first-order valence-electron chi connectivity index (χ1n) is 7.81. The van der Waals surface area contributed by atoms with Crippen molar-refractivity contribution in [3.8, 4) is 0 Å². The van der Waals surface area contributed by atoms with Crippen molar-refractivity contribution in [1.82, 2.24) is 4.98 Å². The molecule has 0 amide bonds. The zero-order valence-electron chi connectivity index (χ0n) is 14.3. The van der Waals surface area contributed by atoms with E-state index in [9.17, 15) is 4.79 Å². The lowest BCUT2D eigenvalue weighted by molar-refractivity contribution is -0.140. The van der Waals surface area contributed by atoms with E-state index in [0.717, 1.165) is 15.2 Å². The molecule has 3 rings (SSSR count). The van der Waals surface area contributed by atoms with Crippen LogP contribution in [0.4, 0.5) is 17.2 Å². The van der Waals surface area contributed by atoms with Crippen LogP contribution in [-0.4, -0.2) is 16.8 Å². The van der Waals surface area contributed by atoms with Crippen LogP contribution in [-0.2, 0) is 9.63 Å². The van der Waals surface area contributed by atoms with Gasteiger partial charge in [0.1, 0.15) is 5.69 Å². The van der Waals surface area contributed by atoms with Crippen molar-refractivity contribution in [1.29, 1.82) is 0 Å². The zero-order chi connectivity index (χ0) is 19.4. The Balaban J connectivity index is 1.88. The molecule has 1 heterocycles. The van der Waals surface area contributed by atoms with E-state index >= 15 is 0 Å². The lowest BCUT2D eigenvalue weighted by Crippen LogP contribution is -2.14. The summed E-state index contributed by atoms with van der Waals surface area (Å²) in [6, 6.07) is 12.6. The molecule has 1 aromatic heterocycles. The highest BCUT2D eigenvalue weighted by Crippen LogP contribution is 2.33. The Morgan fingerprint density at radius 3 is 2.59 bits per heavy atom. The van der Waals surface area contributed by atoms with Gasteiger partial charge in [0, 0.05) is 33.9 Å². The smallest absolute Gasteiger partial charge is 0.332 e. The van der Waals surface area contributed by atoms with E-state index < -0.39 is 5.97 Å². The summed E-state index contributed by atoms with van der Waals surface area (Å²) in [5.41, 5.74) is 13.4. The second kappa shape index (κ2) is 7.92. The fourth-order valence-corrected chi connectivity index (χ4v) is 2.62. The molecule has 136 valence electrons. The van der Waals surface area contributed by atoms with Gasteiger partial charge in [-0.3, -0.25) is 0 Å². The molecule has 4 N–H and O–H groups in total. The number of fused-ring (bicyclic) bond motifs is 1. The van der Waals surface area contributed by atoms with Crippen LogP contribution in [0.2, 0.25) is 0 Å². The predicted molar refractivity (Wildman–Crippen MR) is 107 cm³/mol. The number of nitrogens with zero attached hydrogens (tertiary/aromatic N) is 4. The number of carbonyl (C=O) groups is 1. The number of azo groups is 1. The molecular weight excluding hydrogens is 412 g/mol. The van der Waals surface area contributed by atoms with Gasteiger partial charge >= 0.3 is 5.97 Å². The molecular formula is C18H15BrN6O2. The van der Waals surface area contributed by atoms with Gasteiger partial charge in [-0.25, -0.2) is 9.78 Å². The Kier molecular flexibility index (Phi) is 5.41. The van der Waals surface area contributed by atoms with Gasteiger partial charge in [0.15, 0.2) is 11.7 Å². The van der Waals surface area contributed by atoms with Gasteiger partial charge in [-0.15, -0.1) is 5.11 Å². The minimum Gasteiger partial charge on any atom is -0.382 e. The summed E-state index contributed by atoms with van der Waals surface area (Å²) < 4.78 is 0.906. The lowest BCUT2D eigenvalue weighted by Gasteiger charge is -2.05. The summed E-state index contributed by atoms with van der Waals surface area (Å²) in [4.78, 5) is 19.4. The number of hydrogen-bond acceptors (Lipinski definition) is 7. The van der Waals surface area contributed by atoms with Crippen molar-refractivity contribution in [2.75, 3.05) is 5.73 Å². The average molecular weight is 427 g/mol. The third-order valence-electron chi connectivity index (χ3n) is 3.56. The van der Waals surface area contributed by atoms with E-state index in [-0.39, 0.29) is 5.84 Å². The molecule has 0 aliphatic rings. The number of carbonyl (C=O) groups excluding carboxylic acids is 1. The number of hydrogen-bond donors (Lipinski definition) is 2. The molecule has 0 bridgehead atoms. The van der Waals surface area contributed by atoms with Crippen LogP contribution >= 0.6 is 15.9 Å². The van der Waals surface area contributed by atoms with Gasteiger partial charge in [-0.05, 0) is 36.4 Å². The van der Waals surface area contributed by atoms with Crippen molar-refractivity contribution in [3.63, 3.8) is 0 Å². The maximum absolute atomic E-state index is 10.8. The van der Waals surface area contributed by atoms with Crippen LogP contribution < -0.4 is 11.5 Å². The molecule has 8 nitrogen and oxygen atoms in total. The summed E-state index contributed by atoms with van der Waals surface area (Å²) in [7, 11) is 0. The Labute approximate surface area is 163 Å². The number of nitrogens with two attached hydrogens (primary N) is 2. The van der Waals surface area contributed by atoms with Gasteiger partial charge in [0.2, 0.25) is 0 Å². The topological polar surface area (TPSA) is 128 Å². The molecule has 0 unspecified atom stereocenters. The standard InChI is InChI=1S/C18H15BrN6O2/c1-10(26)27-25-17(20)11-3-6-14(7-4-11)23-24-16-15-8-13(19)5-2-12(15)9-22-18(16)21/h2-9H,1H3,(H2,20,25)(H2,21,22)/b24-23+. The van der Waals surface area contributed by atoms with Gasteiger partial charge in [-0.1, -0.05) is 27.2 Å². The first-order chi connectivity index (χ1) is 12.9. The number of aromatic nitrogens is 1. The second-order valence-electron chi connectivity index (χ2n) is 5.53. The molecule has 0 fully saturated rings. The Hall–Kier alpha value is -3.33. The van der Waals surface area contributed by atoms with Crippen molar-refractivity contribution >= 4 is 55.7 Å². The number of amidine groups is 1. The molecule has 2 aromatic carbocycles. The van der Waals surface area contributed by atoms with Crippen LogP contribution in [0, 0.1) is 0 Å². The Morgan fingerprint density at radius 2 is 1.89 bits per heavy atom. The number of rotatable bonds is 4. The minimum atomic E-state index is -0.545. The number of oxime groups is 1. The predicted octanol–water partition coefficient (Wildman–Crippen LogP) is 4.18. The van der Waals surface area contributed by atoms with Crippen LogP contribution in [0.3, 0.4) is 0 Å². The van der Waals surface area contributed by atoms with Crippen molar-refractivity contribution < 1.29 is 9.63 Å². The molecule has 0 atom stereocenters. The van der Waals surface area contributed by atoms with Crippen molar-refractivity contribution in [3.05, 3.63) is 58.7 Å². The Bertz CT molecular complexity index is 1060. The molecule has 0 aliphatic heterocycles. The molecule has 0 radical (unpaired) electrons. The van der Waals surface area contributed by atoms with E-state index in [1.54, 1.807) is 30.5 Å². The summed E-state index contributed by atoms with van der Waals surface area (Å²) in [6.45, 7) is 1.24. The number of pyridine rings is 1. The minimum absolute atomic E-state index is 0.0843. The zero-order valence-corrected chi connectivity index (χ0v) is 15.8. The average Bonchev–Trinajstić information content (AvgIpc) is 2.65. The third kappa shape index (κ3) is 4.45. The third-order valence-corrected chi connectivity index (χ3v) is 4.05. The van der Waals surface area contributed by atoms with Gasteiger partial charge < -0.3 is 16.3 Å². The fourth-order valence-electron chi connectivity index (χ4n) is 2.26. The van der Waals surface area contributed by atoms with E-state index in [1.807, 2.05) is 18.2 Å². The van der Waals surface area contributed by atoms with Gasteiger partial charge in [-0.2, -0.15) is 5.11 Å². The first-order valence-corrected chi connectivity index (χ1v) is 8.60. The molecule has 0 saturated carbocycles. The summed E-state index contributed by atoms with van der Waals surface area (Å²) in [5.74, 6) is -0.170. The lowest BCUT2D eigenvalue weighted by atomic mass is 10.1. The van der Waals surface area contributed by atoms with Gasteiger partial charge in [0.25, 0.3) is 0 Å². The van der Waals surface area contributed by atoms with Crippen LogP contribution in [0.15, 0.2) is 68.5 Å². The van der Waals surface area contributed by atoms with Crippen LogP contribution in [0.25, 0.3) is 10.8 Å². The quantitative estimate of drug-likeness (QED) is 0.212. The van der Waals surface area contributed by atoms with Gasteiger partial charge in [0.05, 0.1) is 5.69 Å². The largest absolute Gasteiger partial charge is 0.382 e. The number of anilines is 1. The van der Waals surface area contributed by atoms with Crippen molar-refractivity contribution in [2.45, 2.75) is 6.92 Å². The summed E-state index contributed by atoms with van der Waals surface area (Å²) in [6.07, 6.45) is 1.69. The number of benzene rings is 2. The molecule has 0 spiro atoms. The molecule has 3 aromatic rings. The maximum Gasteiger partial charge on any atom is 0.332 e. The molecule has 27 heavy (non-hydrogen) atoms. The second-order valence-corrected chi connectivity index (χ2v) is 6.45. The number of nitrogen functional groups attached to an aromatic ring is 1. The van der Waals surface area contributed by atoms with E-state index in [2.05, 4.69) is 41.1 Å². The molecule has 0 saturated heterocycles. The highest BCUT2D eigenvalue weighted by atomic mass is 79.9. The van der Waals surface area contributed by atoms with E-state index in [1.165, 1.54) is 6.92 Å². The summed E-state index contributed by atoms with van der Waals surface area (Å²) in [5, 5.41) is 13.8. The Morgan fingerprint density at radius 1 is 1.15 bits per heavy atom. The number of halogens is 1. The van der Waals surface area contributed by atoms with Crippen molar-refractivity contribution in [2.24, 2.45) is 21.1 Å². The van der Waals surface area contributed by atoms with E-state index in [0.29, 0.717) is 22.8 Å². The SMILES string of the molecule is CC(=O)O/N=C(/N)c1ccc(/N=N/c2c(N)ncc3ccc(Br)cc23)cc1. The first kappa shape index (κ1) is 18.5.